The SMILES string of the molecule is Cc1ccc(C(=O)NC(C(=O)N2C3CCNCC2CC3)C(C)C)cc1. The van der Waals surface area contributed by atoms with Crippen LogP contribution in [-0.4, -0.2) is 47.9 Å². The molecule has 0 radical (unpaired) electrons. The van der Waals surface area contributed by atoms with Crippen LogP contribution in [0.5, 0.6) is 0 Å². The molecular formula is C20H29N3O2. The molecule has 2 bridgehead atoms. The van der Waals surface area contributed by atoms with Crippen LogP contribution in [0, 0.1) is 12.8 Å². The van der Waals surface area contributed by atoms with Gasteiger partial charge in [0.1, 0.15) is 6.04 Å². The lowest BCUT2D eigenvalue weighted by molar-refractivity contribution is -0.137. The van der Waals surface area contributed by atoms with Gasteiger partial charge in [-0.05, 0) is 50.8 Å². The average molecular weight is 343 g/mol. The molecule has 5 nitrogen and oxygen atoms in total. The topological polar surface area (TPSA) is 61.4 Å². The highest BCUT2D eigenvalue weighted by atomic mass is 16.2. The van der Waals surface area contributed by atoms with Gasteiger partial charge in [0.05, 0.1) is 0 Å². The molecule has 2 heterocycles. The maximum atomic E-state index is 13.3. The first kappa shape index (κ1) is 17.9. The normalized spacial score (nSPS) is 24.1. The minimum Gasteiger partial charge on any atom is -0.340 e. The second kappa shape index (κ2) is 7.56. The number of rotatable bonds is 4. The van der Waals surface area contributed by atoms with Crippen molar-refractivity contribution in [1.82, 2.24) is 15.5 Å². The van der Waals surface area contributed by atoms with Crippen molar-refractivity contribution in [2.24, 2.45) is 5.92 Å². The maximum absolute atomic E-state index is 13.3. The van der Waals surface area contributed by atoms with Gasteiger partial charge >= 0.3 is 0 Å². The predicted molar refractivity (Wildman–Crippen MR) is 98.4 cm³/mol. The summed E-state index contributed by atoms with van der Waals surface area (Å²) in [5.74, 6) is -0.0449. The van der Waals surface area contributed by atoms with Crippen LogP contribution in [0.4, 0.5) is 0 Å². The third-order valence-corrected chi connectivity index (χ3v) is 5.44. The summed E-state index contributed by atoms with van der Waals surface area (Å²) < 4.78 is 0. The van der Waals surface area contributed by atoms with Crippen LogP contribution in [0.2, 0.25) is 0 Å². The van der Waals surface area contributed by atoms with Crippen molar-refractivity contribution in [3.8, 4) is 0 Å². The number of carbonyl (C=O) groups excluding carboxylic acids is 2. The van der Waals surface area contributed by atoms with E-state index in [2.05, 4.69) is 15.5 Å². The zero-order valence-corrected chi connectivity index (χ0v) is 15.4. The van der Waals surface area contributed by atoms with Crippen LogP contribution >= 0.6 is 0 Å². The van der Waals surface area contributed by atoms with Crippen molar-refractivity contribution in [1.29, 1.82) is 0 Å². The molecule has 2 saturated heterocycles. The molecule has 136 valence electrons. The third kappa shape index (κ3) is 3.87. The van der Waals surface area contributed by atoms with E-state index in [9.17, 15) is 9.59 Å². The zero-order valence-electron chi connectivity index (χ0n) is 15.4. The van der Waals surface area contributed by atoms with Crippen molar-refractivity contribution < 1.29 is 9.59 Å². The molecule has 0 spiro atoms. The number of nitrogens with one attached hydrogen (secondary N) is 2. The Hall–Kier alpha value is -1.88. The van der Waals surface area contributed by atoms with E-state index in [1.807, 2.05) is 45.0 Å². The summed E-state index contributed by atoms with van der Waals surface area (Å²) >= 11 is 0. The van der Waals surface area contributed by atoms with Crippen molar-refractivity contribution in [3.63, 3.8) is 0 Å². The number of carbonyl (C=O) groups is 2. The summed E-state index contributed by atoms with van der Waals surface area (Å²) in [5.41, 5.74) is 1.71. The highest BCUT2D eigenvalue weighted by Crippen LogP contribution is 2.29. The van der Waals surface area contributed by atoms with E-state index in [1.54, 1.807) is 0 Å². The standard InChI is InChI=1S/C20H29N3O2/c1-13(2)18(22-19(24)15-6-4-14(3)5-7-15)20(25)23-16-8-9-17(23)12-21-11-10-16/h4-7,13,16-18,21H,8-12H2,1-3H3,(H,22,24). The fraction of sp³-hybridized carbons (Fsp3) is 0.600. The summed E-state index contributed by atoms with van der Waals surface area (Å²) in [6, 6.07) is 7.56. The van der Waals surface area contributed by atoms with E-state index in [1.165, 1.54) is 0 Å². The lowest BCUT2D eigenvalue weighted by Crippen LogP contribution is -2.55. The quantitative estimate of drug-likeness (QED) is 0.880. The molecule has 2 aliphatic heterocycles. The van der Waals surface area contributed by atoms with Gasteiger partial charge in [0.15, 0.2) is 0 Å². The van der Waals surface area contributed by atoms with E-state index in [-0.39, 0.29) is 23.8 Å². The van der Waals surface area contributed by atoms with Crippen molar-refractivity contribution in [2.75, 3.05) is 13.1 Å². The van der Waals surface area contributed by atoms with Crippen molar-refractivity contribution in [2.45, 2.75) is 58.2 Å². The van der Waals surface area contributed by atoms with Gasteiger partial charge in [0.2, 0.25) is 5.91 Å². The number of benzene rings is 1. The Labute approximate surface area is 150 Å². The van der Waals surface area contributed by atoms with Crippen LogP contribution in [0.1, 0.15) is 49.0 Å². The highest BCUT2D eigenvalue weighted by molar-refractivity contribution is 5.97. The average Bonchev–Trinajstić information content (AvgIpc) is 2.85. The molecule has 1 aromatic carbocycles. The lowest BCUT2D eigenvalue weighted by Gasteiger charge is -2.33. The minimum absolute atomic E-state index is 0.0533. The number of amides is 2. The number of hydrogen-bond acceptors (Lipinski definition) is 3. The van der Waals surface area contributed by atoms with Gasteiger partial charge in [-0.25, -0.2) is 0 Å². The first-order chi connectivity index (χ1) is 12.0. The Kier molecular flexibility index (Phi) is 5.42. The zero-order chi connectivity index (χ0) is 18.0. The molecule has 2 aliphatic rings. The first-order valence-corrected chi connectivity index (χ1v) is 9.38. The molecule has 25 heavy (non-hydrogen) atoms. The second-order valence-electron chi connectivity index (χ2n) is 7.68. The van der Waals surface area contributed by atoms with Gasteiger partial charge in [0, 0.05) is 24.2 Å². The Morgan fingerprint density at radius 3 is 2.48 bits per heavy atom. The van der Waals surface area contributed by atoms with Gasteiger partial charge in [-0.15, -0.1) is 0 Å². The second-order valence-corrected chi connectivity index (χ2v) is 7.68. The van der Waals surface area contributed by atoms with Crippen LogP contribution in [0.15, 0.2) is 24.3 Å². The monoisotopic (exact) mass is 343 g/mol. The molecule has 0 aromatic heterocycles. The van der Waals surface area contributed by atoms with Crippen LogP contribution in [0.25, 0.3) is 0 Å². The molecule has 5 heteroatoms. The third-order valence-electron chi connectivity index (χ3n) is 5.44. The van der Waals surface area contributed by atoms with Crippen LogP contribution in [0.3, 0.4) is 0 Å². The summed E-state index contributed by atoms with van der Waals surface area (Å²) in [5, 5.41) is 6.41. The molecule has 0 saturated carbocycles. The fourth-order valence-corrected chi connectivity index (χ4v) is 3.95. The van der Waals surface area contributed by atoms with Crippen LogP contribution < -0.4 is 10.6 Å². The molecular weight excluding hydrogens is 314 g/mol. The summed E-state index contributed by atoms with van der Waals surface area (Å²) in [7, 11) is 0. The first-order valence-electron chi connectivity index (χ1n) is 9.38. The number of aryl methyl sites for hydroxylation is 1. The smallest absolute Gasteiger partial charge is 0.251 e. The molecule has 2 fully saturated rings. The van der Waals surface area contributed by atoms with E-state index >= 15 is 0 Å². The predicted octanol–water partition coefficient (Wildman–Crippen LogP) is 2.10. The van der Waals surface area contributed by atoms with E-state index in [0.29, 0.717) is 11.6 Å². The van der Waals surface area contributed by atoms with Gasteiger partial charge in [-0.1, -0.05) is 31.5 Å². The van der Waals surface area contributed by atoms with Crippen molar-refractivity contribution in [3.05, 3.63) is 35.4 Å². The van der Waals surface area contributed by atoms with Gasteiger partial charge in [-0.2, -0.15) is 0 Å². The highest BCUT2D eigenvalue weighted by Gasteiger charge is 2.41. The molecule has 1 aromatic rings. The molecule has 3 unspecified atom stereocenters. The van der Waals surface area contributed by atoms with E-state index in [4.69, 9.17) is 0 Å². The Morgan fingerprint density at radius 2 is 1.80 bits per heavy atom. The minimum atomic E-state index is -0.477. The Balaban J connectivity index is 1.75. The number of nitrogens with zero attached hydrogens (tertiary/aromatic N) is 1. The molecule has 3 atom stereocenters. The molecule has 3 rings (SSSR count). The van der Waals surface area contributed by atoms with E-state index < -0.39 is 6.04 Å². The van der Waals surface area contributed by atoms with Gasteiger partial charge in [-0.3, -0.25) is 9.59 Å². The Bertz CT molecular complexity index is 612. The van der Waals surface area contributed by atoms with Gasteiger partial charge < -0.3 is 15.5 Å². The van der Waals surface area contributed by atoms with Gasteiger partial charge in [0.25, 0.3) is 5.91 Å². The molecule has 2 N–H and O–H groups in total. The van der Waals surface area contributed by atoms with E-state index in [0.717, 1.165) is 37.9 Å². The number of hydrogen-bond donors (Lipinski definition) is 2. The van der Waals surface area contributed by atoms with Crippen molar-refractivity contribution >= 4 is 11.8 Å². The van der Waals surface area contributed by atoms with Crippen LogP contribution in [-0.2, 0) is 4.79 Å². The largest absolute Gasteiger partial charge is 0.340 e. The number of fused-ring (bicyclic) bond motifs is 2. The molecule has 0 aliphatic carbocycles. The Morgan fingerprint density at radius 1 is 1.12 bits per heavy atom. The molecule has 2 amide bonds. The maximum Gasteiger partial charge on any atom is 0.251 e. The summed E-state index contributed by atoms with van der Waals surface area (Å²) in [4.78, 5) is 27.9. The lowest BCUT2D eigenvalue weighted by atomic mass is 10.0. The summed E-state index contributed by atoms with van der Waals surface area (Å²) in [6.07, 6.45) is 3.13. The fourth-order valence-electron chi connectivity index (χ4n) is 3.95. The summed E-state index contributed by atoms with van der Waals surface area (Å²) in [6.45, 7) is 7.81.